The molecule has 2 aliphatic rings. The average Bonchev–Trinajstić information content (AvgIpc) is 2.75. The van der Waals surface area contributed by atoms with Crippen molar-refractivity contribution in [1.29, 1.82) is 0 Å². The molecule has 2 rings (SSSR count). The van der Waals surface area contributed by atoms with Crippen LogP contribution in [0.1, 0.15) is 12.8 Å². The van der Waals surface area contributed by atoms with Crippen LogP contribution in [0.4, 0.5) is 0 Å². The zero-order valence-corrected chi connectivity index (χ0v) is 15.7. The first-order chi connectivity index (χ1) is 6.79. The van der Waals surface area contributed by atoms with Crippen molar-refractivity contribution in [3.8, 4) is 0 Å². The van der Waals surface area contributed by atoms with Crippen molar-refractivity contribution >= 4 is 40.1 Å². The second-order valence-electron chi connectivity index (χ2n) is 4.02. The minimum absolute atomic E-state index is 0. The fraction of sp³-hybridized carbons (Fsp3) is 0.333. The van der Waals surface area contributed by atoms with Gasteiger partial charge in [-0.3, -0.25) is 0 Å². The van der Waals surface area contributed by atoms with Crippen molar-refractivity contribution in [3.05, 3.63) is 44.2 Å². The molecule has 0 N–H and O–H groups in total. The fourth-order valence-electron chi connectivity index (χ4n) is 2.11. The van der Waals surface area contributed by atoms with E-state index in [4.69, 9.17) is 0 Å². The van der Waals surface area contributed by atoms with Gasteiger partial charge in [0, 0.05) is 0 Å². The van der Waals surface area contributed by atoms with Crippen molar-refractivity contribution in [3.63, 3.8) is 0 Å². The van der Waals surface area contributed by atoms with Gasteiger partial charge in [0.1, 0.15) is 0 Å². The van der Waals surface area contributed by atoms with Crippen LogP contribution in [0.15, 0.2) is 44.2 Å². The van der Waals surface area contributed by atoms with Gasteiger partial charge in [0.25, 0.3) is 0 Å². The van der Waals surface area contributed by atoms with Crippen LogP contribution in [-0.2, 0) is 16.6 Å². The van der Waals surface area contributed by atoms with Gasteiger partial charge in [-0.2, -0.15) is 0 Å². The Balaban J connectivity index is 0.00000112. The molecule has 0 aliphatic heterocycles. The Labute approximate surface area is 126 Å². The van der Waals surface area contributed by atoms with E-state index >= 15 is 0 Å². The van der Waals surface area contributed by atoms with Gasteiger partial charge in [-0.1, -0.05) is 0 Å². The Bertz CT molecular complexity index is 367. The molecule has 0 aromatic rings. The van der Waals surface area contributed by atoms with Crippen molar-refractivity contribution in [2.45, 2.75) is 25.9 Å². The molecule has 0 radical (unpaired) electrons. The molecule has 4 heteroatoms. The van der Waals surface area contributed by atoms with Gasteiger partial charge in [0.15, 0.2) is 0 Å². The van der Waals surface area contributed by atoms with E-state index in [1.54, 1.807) is 7.76 Å². The summed E-state index contributed by atoms with van der Waals surface area (Å²) in [7, 11) is 0. The summed E-state index contributed by atoms with van der Waals surface area (Å²) in [6.45, 7) is 5.00. The molecule has 0 aromatic heterocycles. The van der Waals surface area contributed by atoms with Gasteiger partial charge < -0.3 is 0 Å². The van der Waals surface area contributed by atoms with Gasteiger partial charge in [-0.15, -0.1) is 34.0 Å². The third-order valence-corrected chi connectivity index (χ3v) is 14.2. The molecule has 0 nitrogen and oxygen atoms in total. The molecular formula is C12H18Br2SiTi. The van der Waals surface area contributed by atoms with E-state index in [2.05, 4.69) is 49.6 Å². The number of hydrogen-bond donors (Lipinski definition) is 0. The Morgan fingerprint density at radius 2 is 1.38 bits per heavy atom. The van der Waals surface area contributed by atoms with E-state index in [1.807, 2.05) is 0 Å². The molecule has 0 aromatic carbocycles. The third kappa shape index (κ3) is 3.95. The molecule has 0 fully saturated rings. The molecule has 0 saturated carbocycles. The second-order valence-corrected chi connectivity index (χ2v) is 15.9. The van der Waals surface area contributed by atoms with Crippen molar-refractivity contribution in [1.82, 2.24) is 0 Å². The molecule has 0 amide bonds. The Kier molecular flexibility index (Phi) is 8.47. The molecule has 0 spiro atoms. The van der Waals surface area contributed by atoms with Crippen LogP contribution >= 0.6 is 34.0 Å². The van der Waals surface area contributed by atoms with Crippen LogP contribution in [0.3, 0.4) is 0 Å². The summed E-state index contributed by atoms with van der Waals surface area (Å²) >= 11 is -1.01. The summed E-state index contributed by atoms with van der Waals surface area (Å²) in [6, 6.07) is 0. The van der Waals surface area contributed by atoms with Crippen molar-refractivity contribution in [2.24, 2.45) is 0 Å². The van der Waals surface area contributed by atoms with Crippen LogP contribution < -0.4 is 0 Å². The summed E-state index contributed by atoms with van der Waals surface area (Å²) in [4.78, 5) is 0. The molecule has 0 bridgehead atoms. The maximum absolute atomic E-state index is 2.50. The third-order valence-electron chi connectivity index (χ3n) is 2.68. The van der Waals surface area contributed by atoms with E-state index in [-0.39, 0.29) is 40.1 Å². The topological polar surface area (TPSA) is 0 Å². The van der Waals surface area contributed by atoms with E-state index in [0.717, 1.165) is 0 Å². The van der Waals surface area contributed by atoms with Crippen LogP contribution in [0.2, 0.25) is 13.1 Å². The second kappa shape index (κ2) is 8.04. The quantitative estimate of drug-likeness (QED) is 0.592. The van der Waals surface area contributed by atoms with Crippen LogP contribution in [0, 0.1) is 0 Å². The zero-order valence-electron chi connectivity index (χ0n) is 9.69. The number of allylic oxidation sites excluding steroid dienone is 8. The average molecular weight is 398 g/mol. The Morgan fingerprint density at radius 1 is 0.938 bits per heavy atom. The Morgan fingerprint density at radius 3 is 1.62 bits per heavy atom. The van der Waals surface area contributed by atoms with E-state index < -0.39 is 16.6 Å². The zero-order chi connectivity index (χ0) is 9.97. The van der Waals surface area contributed by atoms with Crippen molar-refractivity contribution in [2.75, 3.05) is 0 Å². The summed E-state index contributed by atoms with van der Waals surface area (Å²) in [5, 5.41) is 0. The fourth-order valence-corrected chi connectivity index (χ4v) is 13.4. The molecule has 0 atom stereocenters. The van der Waals surface area contributed by atoms with Crippen LogP contribution in [0.5, 0.6) is 0 Å². The predicted octanol–water partition coefficient (Wildman–Crippen LogP) is 4.70. The summed E-state index contributed by atoms with van der Waals surface area (Å²) in [5.41, 5.74) is 0. The molecular weight excluding hydrogens is 380 g/mol. The first-order valence-electron chi connectivity index (χ1n) is 5.18. The molecule has 2 aliphatic carbocycles. The summed E-state index contributed by atoms with van der Waals surface area (Å²) < 4.78 is 3.61. The summed E-state index contributed by atoms with van der Waals surface area (Å²) in [5.74, 6) is 0. The minimum atomic E-state index is -1.01. The molecule has 16 heavy (non-hydrogen) atoms. The molecule has 0 heterocycles. The first kappa shape index (κ1) is 16.9. The predicted molar refractivity (Wildman–Crippen MR) is 81.8 cm³/mol. The first-order valence-corrected chi connectivity index (χ1v) is 11.6. The van der Waals surface area contributed by atoms with E-state index in [0.29, 0.717) is 0 Å². The van der Waals surface area contributed by atoms with E-state index in [9.17, 15) is 0 Å². The standard InChI is InChI=1S/2C5H5.C2H6Si.2BrH.Ti/c2*1-2-4-5-3-1;1-3-2;;;/h2*1-3H,4H2;1-2H3;2*1H;. The normalized spacial score (nSPS) is 16.1. The van der Waals surface area contributed by atoms with Gasteiger partial charge in [-0.05, 0) is 0 Å². The maximum atomic E-state index is 2.50. The van der Waals surface area contributed by atoms with Gasteiger partial charge in [0.2, 0.25) is 0 Å². The molecule has 88 valence electrons. The number of halogens is 2. The van der Waals surface area contributed by atoms with E-state index in [1.165, 1.54) is 12.8 Å². The number of rotatable bonds is 2. The van der Waals surface area contributed by atoms with Gasteiger partial charge >= 0.3 is 92.9 Å². The molecule has 0 saturated heterocycles. The SMILES string of the molecule is Br.Br.C[Si](C)=[Ti]([C]1=CC=CC1)[C]1=CC=CC1. The van der Waals surface area contributed by atoms with Crippen molar-refractivity contribution < 1.29 is 16.6 Å². The van der Waals surface area contributed by atoms with Crippen LogP contribution in [-0.4, -0.2) is 6.19 Å². The monoisotopic (exact) mass is 396 g/mol. The number of hydrogen-bond acceptors (Lipinski definition) is 0. The molecule has 0 unspecified atom stereocenters. The summed E-state index contributed by atoms with van der Waals surface area (Å²) in [6.07, 6.45) is 16.3. The van der Waals surface area contributed by atoms with Gasteiger partial charge in [0.05, 0.1) is 0 Å². The van der Waals surface area contributed by atoms with Crippen LogP contribution in [0.25, 0.3) is 0 Å². The Hall–Kier alpha value is 0.851. The van der Waals surface area contributed by atoms with Gasteiger partial charge in [-0.25, -0.2) is 0 Å².